The first-order valence-corrected chi connectivity index (χ1v) is 11.2. The van der Waals surface area contributed by atoms with E-state index in [4.69, 9.17) is 20.8 Å². The van der Waals surface area contributed by atoms with Crippen LogP contribution in [0.1, 0.15) is 16.9 Å². The lowest BCUT2D eigenvalue weighted by Gasteiger charge is -2.25. The zero-order valence-corrected chi connectivity index (χ0v) is 19.1. The van der Waals surface area contributed by atoms with Gasteiger partial charge in [0.15, 0.2) is 0 Å². The highest BCUT2D eigenvalue weighted by atomic mass is 35.5. The topological polar surface area (TPSA) is 88.9 Å². The number of rotatable bonds is 6. The zero-order valence-electron chi connectivity index (χ0n) is 18.4. The summed E-state index contributed by atoms with van der Waals surface area (Å²) in [5.41, 5.74) is 1.29. The molecule has 1 aliphatic heterocycles. The lowest BCUT2D eigenvalue weighted by atomic mass is 9.99. The van der Waals surface area contributed by atoms with Crippen LogP contribution in [-0.4, -0.2) is 22.7 Å². The molecule has 0 bridgehead atoms. The Morgan fingerprint density at radius 1 is 0.943 bits per heavy atom. The number of hydrogen-bond acceptors (Lipinski definition) is 5. The van der Waals surface area contributed by atoms with Crippen LogP contribution in [0.2, 0.25) is 5.02 Å². The van der Waals surface area contributed by atoms with Crippen molar-refractivity contribution in [1.82, 2.24) is 10.2 Å². The maximum absolute atomic E-state index is 13.2. The van der Waals surface area contributed by atoms with E-state index in [1.165, 1.54) is 12.3 Å². The van der Waals surface area contributed by atoms with Crippen LogP contribution in [0.5, 0.6) is 5.75 Å². The van der Waals surface area contributed by atoms with E-state index in [9.17, 15) is 14.4 Å². The van der Waals surface area contributed by atoms with Gasteiger partial charge in [0.1, 0.15) is 23.7 Å². The van der Waals surface area contributed by atoms with Crippen molar-refractivity contribution in [3.8, 4) is 5.75 Å². The average Bonchev–Trinajstić information content (AvgIpc) is 3.38. The van der Waals surface area contributed by atoms with Gasteiger partial charge in [0.2, 0.25) is 0 Å². The van der Waals surface area contributed by atoms with Gasteiger partial charge < -0.3 is 9.15 Å². The Labute approximate surface area is 205 Å². The maximum atomic E-state index is 13.2. The molecule has 4 aromatic rings. The van der Waals surface area contributed by atoms with Crippen molar-refractivity contribution in [2.75, 3.05) is 0 Å². The molecule has 8 heteroatoms. The molecule has 0 unspecified atom stereocenters. The van der Waals surface area contributed by atoms with E-state index in [2.05, 4.69) is 5.32 Å². The predicted molar refractivity (Wildman–Crippen MR) is 131 cm³/mol. The standard InChI is InChI=1S/C27H19ClN2O5/c28-19-10-7-17(8-11-19)16-35-24-12-9-18-4-1-2-6-21(18)22(24)14-23-25(31)29-27(33)30(26(23)32)15-20-5-3-13-34-20/h1-14H,15-16H2,(H,29,31,33)/b23-14+. The second-order valence-electron chi connectivity index (χ2n) is 7.90. The summed E-state index contributed by atoms with van der Waals surface area (Å²) in [5, 5.41) is 4.57. The number of urea groups is 1. The number of carbonyl (C=O) groups excluding carboxylic acids is 3. The van der Waals surface area contributed by atoms with Crippen LogP contribution in [-0.2, 0) is 22.7 Å². The predicted octanol–water partition coefficient (Wildman–Crippen LogP) is 5.33. The van der Waals surface area contributed by atoms with E-state index >= 15 is 0 Å². The molecule has 2 heterocycles. The number of fused-ring (bicyclic) bond motifs is 1. The first kappa shape index (κ1) is 22.4. The quantitative estimate of drug-likeness (QED) is 0.294. The third-order valence-corrected chi connectivity index (χ3v) is 5.86. The van der Waals surface area contributed by atoms with E-state index in [-0.39, 0.29) is 18.7 Å². The number of benzene rings is 3. The lowest BCUT2D eigenvalue weighted by Crippen LogP contribution is -2.53. The number of halogens is 1. The molecule has 0 radical (unpaired) electrons. The largest absolute Gasteiger partial charge is 0.488 e. The fourth-order valence-electron chi connectivity index (χ4n) is 3.83. The Hall–Kier alpha value is -4.36. The molecule has 5 rings (SSSR count). The Balaban J connectivity index is 1.53. The van der Waals surface area contributed by atoms with E-state index in [1.807, 2.05) is 42.5 Å². The third-order valence-electron chi connectivity index (χ3n) is 5.61. The Morgan fingerprint density at radius 3 is 2.51 bits per heavy atom. The molecule has 0 saturated carbocycles. The van der Waals surface area contributed by atoms with Gasteiger partial charge >= 0.3 is 6.03 Å². The Morgan fingerprint density at radius 2 is 1.74 bits per heavy atom. The lowest BCUT2D eigenvalue weighted by molar-refractivity contribution is -0.130. The van der Waals surface area contributed by atoms with Crippen LogP contribution in [0.15, 0.2) is 89.0 Å². The van der Waals surface area contributed by atoms with Crippen molar-refractivity contribution >= 4 is 46.3 Å². The van der Waals surface area contributed by atoms with Crippen molar-refractivity contribution in [2.45, 2.75) is 13.2 Å². The molecule has 0 spiro atoms. The zero-order chi connectivity index (χ0) is 24.4. The van der Waals surface area contributed by atoms with E-state index in [0.29, 0.717) is 22.1 Å². The average molecular weight is 487 g/mol. The van der Waals surface area contributed by atoms with Crippen molar-refractivity contribution in [1.29, 1.82) is 0 Å². The molecule has 1 N–H and O–H groups in total. The van der Waals surface area contributed by atoms with Crippen LogP contribution in [0.3, 0.4) is 0 Å². The van der Waals surface area contributed by atoms with Gasteiger partial charge in [0.25, 0.3) is 11.8 Å². The molecule has 1 aliphatic rings. The molecule has 3 aromatic carbocycles. The number of amides is 4. The number of nitrogens with zero attached hydrogens (tertiary/aromatic N) is 1. The summed E-state index contributed by atoms with van der Waals surface area (Å²) in [6, 6.07) is 21.0. The second kappa shape index (κ2) is 9.48. The number of carbonyl (C=O) groups is 3. The SMILES string of the molecule is O=C1NC(=O)N(Cc2ccco2)C(=O)/C1=C/c1c(OCc2ccc(Cl)cc2)ccc2ccccc12. The van der Waals surface area contributed by atoms with E-state index in [0.717, 1.165) is 21.2 Å². The number of imide groups is 2. The molecule has 1 fully saturated rings. The van der Waals surface area contributed by atoms with Gasteiger partial charge in [-0.2, -0.15) is 0 Å². The van der Waals surface area contributed by atoms with Crippen LogP contribution in [0.25, 0.3) is 16.8 Å². The highest BCUT2D eigenvalue weighted by molar-refractivity contribution is 6.31. The minimum Gasteiger partial charge on any atom is -0.488 e. The smallest absolute Gasteiger partial charge is 0.331 e. The van der Waals surface area contributed by atoms with Gasteiger partial charge in [-0.15, -0.1) is 0 Å². The van der Waals surface area contributed by atoms with Crippen LogP contribution in [0.4, 0.5) is 4.79 Å². The molecule has 0 aliphatic carbocycles. The fourth-order valence-corrected chi connectivity index (χ4v) is 3.96. The van der Waals surface area contributed by atoms with Gasteiger partial charge in [0.05, 0.1) is 12.8 Å². The summed E-state index contributed by atoms with van der Waals surface area (Å²) >= 11 is 5.97. The van der Waals surface area contributed by atoms with E-state index in [1.54, 1.807) is 30.3 Å². The summed E-state index contributed by atoms with van der Waals surface area (Å²) in [7, 11) is 0. The summed E-state index contributed by atoms with van der Waals surface area (Å²) < 4.78 is 11.4. The monoisotopic (exact) mass is 486 g/mol. The van der Waals surface area contributed by atoms with Crippen molar-refractivity contribution < 1.29 is 23.5 Å². The summed E-state index contributed by atoms with van der Waals surface area (Å²) in [6.45, 7) is 0.159. The summed E-state index contributed by atoms with van der Waals surface area (Å²) in [5.74, 6) is -0.584. The fraction of sp³-hybridized carbons (Fsp3) is 0.0741. The number of nitrogens with one attached hydrogen (secondary N) is 1. The molecule has 1 aromatic heterocycles. The normalized spacial score (nSPS) is 15.1. The van der Waals surface area contributed by atoms with Gasteiger partial charge in [-0.05, 0) is 52.7 Å². The van der Waals surface area contributed by atoms with Crippen molar-refractivity contribution in [2.24, 2.45) is 0 Å². The summed E-state index contributed by atoms with van der Waals surface area (Å²) in [6.07, 6.45) is 2.92. The molecular weight excluding hydrogens is 468 g/mol. The molecular formula is C27H19ClN2O5. The molecule has 35 heavy (non-hydrogen) atoms. The molecule has 0 atom stereocenters. The Bertz CT molecular complexity index is 1460. The van der Waals surface area contributed by atoms with Gasteiger partial charge in [-0.1, -0.05) is 54.1 Å². The van der Waals surface area contributed by atoms with Gasteiger partial charge in [-0.3, -0.25) is 19.8 Å². The number of furan rings is 1. The minimum absolute atomic E-state index is 0.0995. The van der Waals surface area contributed by atoms with Crippen LogP contribution in [0, 0.1) is 0 Å². The van der Waals surface area contributed by atoms with Crippen molar-refractivity contribution in [3.63, 3.8) is 0 Å². The summed E-state index contributed by atoms with van der Waals surface area (Å²) in [4.78, 5) is 39.2. The maximum Gasteiger partial charge on any atom is 0.331 e. The highest BCUT2D eigenvalue weighted by Gasteiger charge is 2.36. The number of barbiturate groups is 1. The minimum atomic E-state index is -0.800. The number of ether oxygens (including phenoxy) is 1. The van der Waals surface area contributed by atoms with Crippen LogP contribution < -0.4 is 10.1 Å². The molecule has 7 nitrogen and oxygen atoms in total. The Kier molecular flexibility index (Phi) is 6.08. The van der Waals surface area contributed by atoms with Gasteiger partial charge in [0, 0.05) is 10.6 Å². The first-order chi connectivity index (χ1) is 17.0. The van der Waals surface area contributed by atoms with E-state index < -0.39 is 17.8 Å². The van der Waals surface area contributed by atoms with Crippen LogP contribution >= 0.6 is 11.6 Å². The molecule has 174 valence electrons. The third kappa shape index (κ3) is 4.67. The molecule has 4 amide bonds. The first-order valence-electron chi connectivity index (χ1n) is 10.8. The highest BCUT2D eigenvalue weighted by Crippen LogP contribution is 2.32. The van der Waals surface area contributed by atoms with Gasteiger partial charge in [-0.25, -0.2) is 4.79 Å². The molecule has 1 saturated heterocycles. The number of hydrogen-bond donors (Lipinski definition) is 1. The second-order valence-corrected chi connectivity index (χ2v) is 8.34. The van der Waals surface area contributed by atoms with Crippen molar-refractivity contribution in [3.05, 3.63) is 107 Å².